The molecule has 1 aliphatic heterocycles. The number of hydrogen-bond acceptors (Lipinski definition) is 4. The van der Waals surface area contributed by atoms with Crippen molar-refractivity contribution >= 4 is 17.5 Å². The molecular weight excluding hydrogens is 388 g/mol. The summed E-state index contributed by atoms with van der Waals surface area (Å²) in [6.07, 6.45) is 0. The zero-order valence-corrected chi connectivity index (χ0v) is 16.7. The molecule has 29 heavy (non-hydrogen) atoms. The summed E-state index contributed by atoms with van der Waals surface area (Å²) in [4.78, 5) is 15.0. The maximum absolute atomic E-state index is 12.7. The zero-order valence-electron chi connectivity index (χ0n) is 16.0. The third-order valence-electron chi connectivity index (χ3n) is 5.10. The van der Waals surface area contributed by atoms with E-state index in [0.29, 0.717) is 30.5 Å². The van der Waals surface area contributed by atoms with Crippen LogP contribution in [0.2, 0.25) is 5.02 Å². The molecule has 0 bridgehead atoms. The van der Waals surface area contributed by atoms with Gasteiger partial charge < -0.3 is 10.1 Å². The lowest BCUT2D eigenvalue weighted by Crippen LogP contribution is -2.44. The van der Waals surface area contributed by atoms with Crippen LogP contribution in [0.3, 0.4) is 0 Å². The lowest BCUT2D eigenvalue weighted by Gasteiger charge is -2.35. The Morgan fingerprint density at radius 2 is 1.86 bits per heavy atom. The minimum absolute atomic E-state index is 0.0203. The summed E-state index contributed by atoms with van der Waals surface area (Å²) in [6, 6.07) is 19.3. The molecule has 3 aromatic rings. The molecule has 1 amide bonds. The van der Waals surface area contributed by atoms with Crippen molar-refractivity contribution in [2.75, 3.05) is 32.8 Å². The molecular formula is C22H23ClN4O2. The van der Waals surface area contributed by atoms with Gasteiger partial charge in [0, 0.05) is 30.2 Å². The first-order valence-corrected chi connectivity index (χ1v) is 10.1. The standard InChI is InChI=1S/C22H23ClN4O2/c23-18-9-5-4-8-17(18)21(27-10-12-29-13-11-27)15-24-22(28)20-14-19(25-26-20)16-6-2-1-3-7-16/h1-9,14,21H,10-13,15H2,(H,24,28)(H,25,26). The Labute approximate surface area is 174 Å². The number of benzene rings is 2. The van der Waals surface area contributed by atoms with Gasteiger partial charge in [0.15, 0.2) is 0 Å². The van der Waals surface area contributed by atoms with Gasteiger partial charge in [-0.2, -0.15) is 5.10 Å². The predicted octanol–water partition coefficient (Wildman–Crippen LogP) is 3.53. The molecule has 0 aliphatic carbocycles. The number of ether oxygens (including phenoxy) is 1. The maximum Gasteiger partial charge on any atom is 0.269 e. The Bertz CT molecular complexity index is 954. The molecule has 6 nitrogen and oxygen atoms in total. The fourth-order valence-electron chi connectivity index (χ4n) is 3.55. The van der Waals surface area contributed by atoms with Crippen LogP contribution in [0.1, 0.15) is 22.1 Å². The highest BCUT2D eigenvalue weighted by atomic mass is 35.5. The van der Waals surface area contributed by atoms with Crippen molar-refractivity contribution in [3.63, 3.8) is 0 Å². The average Bonchev–Trinajstić information content (AvgIpc) is 3.27. The maximum atomic E-state index is 12.7. The zero-order chi connectivity index (χ0) is 20.1. The Morgan fingerprint density at radius 3 is 2.62 bits per heavy atom. The van der Waals surface area contributed by atoms with Crippen molar-refractivity contribution in [2.24, 2.45) is 0 Å². The normalized spacial score (nSPS) is 15.8. The number of nitrogens with one attached hydrogen (secondary N) is 2. The fraction of sp³-hybridized carbons (Fsp3) is 0.273. The van der Waals surface area contributed by atoms with Gasteiger partial charge in [-0.05, 0) is 17.7 Å². The van der Waals surface area contributed by atoms with Crippen LogP contribution in [0.15, 0.2) is 60.7 Å². The van der Waals surface area contributed by atoms with E-state index in [1.54, 1.807) is 6.07 Å². The Hall–Kier alpha value is -2.67. The number of aromatic amines is 1. The topological polar surface area (TPSA) is 70.2 Å². The van der Waals surface area contributed by atoms with E-state index in [1.807, 2.05) is 54.6 Å². The smallest absolute Gasteiger partial charge is 0.269 e. The molecule has 2 heterocycles. The first-order chi connectivity index (χ1) is 14.2. The predicted molar refractivity (Wildman–Crippen MR) is 113 cm³/mol. The molecule has 1 saturated heterocycles. The molecule has 1 fully saturated rings. The van der Waals surface area contributed by atoms with Gasteiger partial charge in [0.2, 0.25) is 0 Å². The quantitative estimate of drug-likeness (QED) is 0.652. The third kappa shape index (κ3) is 4.67. The second-order valence-corrected chi connectivity index (χ2v) is 7.34. The van der Waals surface area contributed by atoms with Crippen molar-refractivity contribution in [3.05, 3.63) is 76.9 Å². The Morgan fingerprint density at radius 1 is 1.14 bits per heavy atom. The molecule has 2 aromatic carbocycles. The first kappa shape index (κ1) is 19.6. The lowest BCUT2D eigenvalue weighted by molar-refractivity contribution is 0.0162. The number of halogens is 1. The van der Waals surface area contributed by atoms with Gasteiger partial charge in [0.25, 0.3) is 5.91 Å². The van der Waals surface area contributed by atoms with Crippen LogP contribution in [-0.2, 0) is 4.74 Å². The highest BCUT2D eigenvalue weighted by Gasteiger charge is 2.25. The molecule has 1 aliphatic rings. The van der Waals surface area contributed by atoms with Crippen LogP contribution in [0.25, 0.3) is 11.3 Å². The van der Waals surface area contributed by atoms with E-state index in [4.69, 9.17) is 16.3 Å². The summed E-state index contributed by atoms with van der Waals surface area (Å²) in [5, 5.41) is 10.8. The number of carbonyl (C=O) groups is 1. The second-order valence-electron chi connectivity index (χ2n) is 6.93. The number of amides is 1. The van der Waals surface area contributed by atoms with E-state index in [-0.39, 0.29) is 11.9 Å². The average molecular weight is 411 g/mol. The van der Waals surface area contributed by atoms with Crippen LogP contribution in [0.5, 0.6) is 0 Å². The number of hydrogen-bond donors (Lipinski definition) is 2. The number of nitrogens with zero attached hydrogens (tertiary/aromatic N) is 2. The van der Waals surface area contributed by atoms with E-state index >= 15 is 0 Å². The third-order valence-corrected chi connectivity index (χ3v) is 5.44. The van der Waals surface area contributed by atoms with Crippen molar-refractivity contribution in [1.29, 1.82) is 0 Å². The summed E-state index contributed by atoms with van der Waals surface area (Å²) in [7, 11) is 0. The van der Waals surface area contributed by atoms with E-state index in [0.717, 1.165) is 29.9 Å². The van der Waals surface area contributed by atoms with Gasteiger partial charge in [-0.25, -0.2) is 0 Å². The van der Waals surface area contributed by atoms with E-state index < -0.39 is 0 Å². The number of carbonyl (C=O) groups excluding carboxylic acids is 1. The van der Waals surface area contributed by atoms with E-state index in [2.05, 4.69) is 20.4 Å². The van der Waals surface area contributed by atoms with Gasteiger partial charge in [-0.1, -0.05) is 60.1 Å². The highest BCUT2D eigenvalue weighted by Crippen LogP contribution is 2.28. The molecule has 0 spiro atoms. The summed E-state index contributed by atoms with van der Waals surface area (Å²) in [6.45, 7) is 3.40. The van der Waals surface area contributed by atoms with Crippen molar-refractivity contribution in [1.82, 2.24) is 20.4 Å². The molecule has 150 valence electrons. The van der Waals surface area contributed by atoms with Crippen LogP contribution in [0.4, 0.5) is 0 Å². The van der Waals surface area contributed by atoms with Gasteiger partial charge in [-0.3, -0.25) is 14.8 Å². The van der Waals surface area contributed by atoms with Gasteiger partial charge in [-0.15, -0.1) is 0 Å². The summed E-state index contributed by atoms with van der Waals surface area (Å²) < 4.78 is 5.48. The first-order valence-electron chi connectivity index (χ1n) is 9.67. The van der Waals surface area contributed by atoms with Crippen LogP contribution in [0, 0.1) is 0 Å². The molecule has 7 heteroatoms. The Kier molecular flexibility index (Phi) is 6.24. The van der Waals surface area contributed by atoms with Crippen molar-refractivity contribution in [2.45, 2.75) is 6.04 Å². The number of rotatable bonds is 6. The lowest BCUT2D eigenvalue weighted by atomic mass is 10.0. The molecule has 1 unspecified atom stereocenters. The Balaban J connectivity index is 1.48. The molecule has 1 aromatic heterocycles. The van der Waals surface area contributed by atoms with Crippen molar-refractivity contribution in [3.8, 4) is 11.3 Å². The second kappa shape index (κ2) is 9.22. The molecule has 0 radical (unpaired) electrons. The van der Waals surface area contributed by atoms with Gasteiger partial charge in [0.05, 0.1) is 24.9 Å². The van der Waals surface area contributed by atoms with Crippen LogP contribution in [-0.4, -0.2) is 53.9 Å². The molecule has 4 rings (SSSR count). The highest BCUT2D eigenvalue weighted by molar-refractivity contribution is 6.31. The molecule has 0 saturated carbocycles. The minimum atomic E-state index is -0.190. The van der Waals surface area contributed by atoms with Gasteiger partial charge >= 0.3 is 0 Å². The minimum Gasteiger partial charge on any atom is -0.379 e. The van der Waals surface area contributed by atoms with Crippen molar-refractivity contribution < 1.29 is 9.53 Å². The van der Waals surface area contributed by atoms with Crippen LogP contribution >= 0.6 is 11.6 Å². The van der Waals surface area contributed by atoms with Gasteiger partial charge in [0.1, 0.15) is 5.69 Å². The molecule has 2 N–H and O–H groups in total. The largest absolute Gasteiger partial charge is 0.379 e. The summed E-state index contributed by atoms with van der Waals surface area (Å²) in [5.41, 5.74) is 3.14. The number of morpholine rings is 1. The monoisotopic (exact) mass is 410 g/mol. The fourth-order valence-corrected chi connectivity index (χ4v) is 3.81. The van der Waals surface area contributed by atoms with Crippen LogP contribution < -0.4 is 5.32 Å². The number of aromatic nitrogens is 2. The summed E-state index contributed by atoms with van der Waals surface area (Å²) >= 11 is 6.45. The molecule has 1 atom stereocenters. The van der Waals surface area contributed by atoms with E-state index in [9.17, 15) is 4.79 Å². The number of H-pyrrole nitrogens is 1. The summed E-state index contributed by atoms with van der Waals surface area (Å²) in [5.74, 6) is -0.190. The SMILES string of the molecule is O=C(NCC(c1ccccc1Cl)N1CCOCC1)c1cc(-c2ccccc2)n[nH]1. The van der Waals surface area contributed by atoms with E-state index in [1.165, 1.54) is 0 Å².